The number of benzene rings is 1. The Morgan fingerprint density at radius 3 is 2.64 bits per heavy atom. The minimum absolute atomic E-state index is 0.282. The van der Waals surface area contributed by atoms with E-state index >= 15 is 0 Å². The third kappa shape index (κ3) is 4.12. The fraction of sp³-hybridized carbons (Fsp3) is 0.500. The van der Waals surface area contributed by atoms with Gasteiger partial charge in [-0.1, -0.05) is 30.7 Å². The number of nitrogens with two attached hydrogens (primary N) is 1. The Morgan fingerprint density at radius 1 is 1.36 bits per heavy atom. The molecule has 0 fully saturated rings. The number of rotatable bonds is 4. The summed E-state index contributed by atoms with van der Waals surface area (Å²) in [6, 6.07) is 8.32. The third-order valence-corrected chi connectivity index (χ3v) is 2.48. The molecule has 0 spiro atoms. The zero-order chi connectivity index (χ0) is 10.6. The Bertz CT molecular complexity index is 283. The molecule has 0 aliphatic rings. The summed E-state index contributed by atoms with van der Waals surface area (Å²) in [5.74, 6) is 0.619. The van der Waals surface area contributed by atoms with Crippen LogP contribution in [-0.2, 0) is 6.42 Å². The van der Waals surface area contributed by atoms with Crippen LogP contribution in [0, 0.1) is 5.92 Å². The van der Waals surface area contributed by atoms with Crippen molar-refractivity contribution in [1.29, 1.82) is 0 Å². The Labute approximate surface area is 91.3 Å². The van der Waals surface area contributed by atoms with Crippen LogP contribution in [0.5, 0.6) is 0 Å². The average molecular weight is 212 g/mol. The second-order valence-electron chi connectivity index (χ2n) is 4.15. The van der Waals surface area contributed by atoms with Gasteiger partial charge in [-0.15, -0.1) is 0 Å². The number of hydrogen-bond acceptors (Lipinski definition) is 1. The molecule has 0 heterocycles. The molecular weight excluding hydrogens is 194 g/mol. The van der Waals surface area contributed by atoms with E-state index in [1.165, 1.54) is 5.56 Å². The van der Waals surface area contributed by atoms with Crippen molar-refractivity contribution in [1.82, 2.24) is 0 Å². The van der Waals surface area contributed by atoms with Crippen molar-refractivity contribution in [3.8, 4) is 0 Å². The van der Waals surface area contributed by atoms with Gasteiger partial charge in [0.1, 0.15) is 0 Å². The standard InChI is InChI=1S/C12H18ClN/c1-9(6-10(2)14)7-11-4-3-5-12(13)8-11/h3-5,8-10H,6-7,14H2,1-2H3. The maximum Gasteiger partial charge on any atom is 0.0408 e. The average Bonchev–Trinajstić information content (AvgIpc) is 2.01. The highest BCUT2D eigenvalue weighted by Crippen LogP contribution is 2.16. The lowest BCUT2D eigenvalue weighted by molar-refractivity contribution is 0.480. The summed E-state index contributed by atoms with van der Waals surface area (Å²) in [6.07, 6.45) is 2.12. The van der Waals surface area contributed by atoms with Crippen molar-refractivity contribution in [3.05, 3.63) is 34.9 Å². The number of halogens is 1. The van der Waals surface area contributed by atoms with Crippen LogP contribution in [0.4, 0.5) is 0 Å². The summed E-state index contributed by atoms with van der Waals surface area (Å²) in [5, 5.41) is 0.815. The molecule has 0 bridgehead atoms. The highest BCUT2D eigenvalue weighted by Gasteiger charge is 2.06. The molecule has 2 atom stereocenters. The lowest BCUT2D eigenvalue weighted by atomic mass is 9.95. The van der Waals surface area contributed by atoms with Crippen LogP contribution in [0.15, 0.2) is 24.3 Å². The molecular formula is C12H18ClN. The molecule has 14 heavy (non-hydrogen) atoms. The van der Waals surface area contributed by atoms with Crippen LogP contribution in [-0.4, -0.2) is 6.04 Å². The van der Waals surface area contributed by atoms with Crippen LogP contribution < -0.4 is 5.73 Å². The molecule has 0 saturated carbocycles. The Balaban J connectivity index is 2.51. The van der Waals surface area contributed by atoms with Gasteiger partial charge in [-0.05, 0) is 43.4 Å². The van der Waals surface area contributed by atoms with Gasteiger partial charge in [-0.2, -0.15) is 0 Å². The van der Waals surface area contributed by atoms with Gasteiger partial charge in [0.15, 0.2) is 0 Å². The summed E-state index contributed by atoms with van der Waals surface area (Å²) in [5.41, 5.74) is 7.05. The van der Waals surface area contributed by atoms with Crippen LogP contribution >= 0.6 is 11.6 Å². The lowest BCUT2D eigenvalue weighted by Crippen LogP contribution is -2.19. The van der Waals surface area contributed by atoms with Gasteiger partial charge in [0.25, 0.3) is 0 Å². The summed E-state index contributed by atoms with van der Waals surface area (Å²) >= 11 is 5.91. The summed E-state index contributed by atoms with van der Waals surface area (Å²) in [4.78, 5) is 0. The largest absolute Gasteiger partial charge is 0.328 e. The van der Waals surface area contributed by atoms with Gasteiger partial charge in [-0.3, -0.25) is 0 Å². The predicted molar refractivity (Wildman–Crippen MR) is 62.6 cm³/mol. The quantitative estimate of drug-likeness (QED) is 0.813. The van der Waals surface area contributed by atoms with Crippen molar-refractivity contribution < 1.29 is 0 Å². The first-order chi connectivity index (χ1) is 6.58. The smallest absolute Gasteiger partial charge is 0.0408 e. The Hall–Kier alpha value is -0.530. The van der Waals surface area contributed by atoms with E-state index in [4.69, 9.17) is 17.3 Å². The van der Waals surface area contributed by atoms with E-state index in [0.29, 0.717) is 5.92 Å². The van der Waals surface area contributed by atoms with E-state index in [9.17, 15) is 0 Å². The Morgan fingerprint density at radius 2 is 2.07 bits per heavy atom. The molecule has 2 heteroatoms. The fourth-order valence-corrected chi connectivity index (χ4v) is 2.00. The summed E-state index contributed by atoms with van der Waals surface area (Å²) < 4.78 is 0. The molecule has 1 aromatic carbocycles. The maximum absolute atomic E-state index is 5.91. The number of hydrogen-bond donors (Lipinski definition) is 1. The van der Waals surface area contributed by atoms with Crippen LogP contribution in [0.3, 0.4) is 0 Å². The lowest BCUT2D eigenvalue weighted by Gasteiger charge is -2.13. The van der Waals surface area contributed by atoms with Gasteiger partial charge in [0.05, 0.1) is 0 Å². The molecule has 78 valence electrons. The fourth-order valence-electron chi connectivity index (χ4n) is 1.78. The van der Waals surface area contributed by atoms with Crippen molar-refractivity contribution in [2.24, 2.45) is 11.7 Å². The zero-order valence-corrected chi connectivity index (χ0v) is 9.59. The third-order valence-electron chi connectivity index (χ3n) is 2.25. The molecule has 0 aliphatic carbocycles. The zero-order valence-electron chi connectivity index (χ0n) is 8.83. The summed E-state index contributed by atoms with van der Waals surface area (Å²) in [6.45, 7) is 4.28. The van der Waals surface area contributed by atoms with Gasteiger partial charge < -0.3 is 5.73 Å². The highest BCUT2D eigenvalue weighted by molar-refractivity contribution is 6.30. The SMILES string of the molecule is CC(N)CC(C)Cc1cccc(Cl)c1. The molecule has 1 rings (SSSR count). The van der Waals surface area contributed by atoms with Crippen molar-refractivity contribution >= 4 is 11.6 Å². The first kappa shape index (κ1) is 11.5. The van der Waals surface area contributed by atoms with Crippen LogP contribution in [0.2, 0.25) is 5.02 Å². The van der Waals surface area contributed by atoms with Gasteiger partial charge in [-0.25, -0.2) is 0 Å². The van der Waals surface area contributed by atoms with Crippen molar-refractivity contribution in [2.75, 3.05) is 0 Å². The highest BCUT2D eigenvalue weighted by atomic mass is 35.5. The second-order valence-corrected chi connectivity index (χ2v) is 4.59. The van der Waals surface area contributed by atoms with E-state index in [1.807, 2.05) is 18.2 Å². The van der Waals surface area contributed by atoms with Crippen molar-refractivity contribution in [3.63, 3.8) is 0 Å². The van der Waals surface area contributed by atoms with Gasteiger partial charge in [0.2, 0.25) is 0 Å². The van der Waals surface area contributed by atoms with Crippen LogP contribution in [0.1, 0.15) is 25.8 Å². The van der Waals surface area contributed by atoms with E-state index in [-0.39, 0.29) is 6.04 Å². The second kappa shape index (κ2) is 5.38. The molecule has 0 saturated heterocycles. The first-order valence-electron chi connectivity index (χ1n) is 5.08. The topological polar surface area (TPSA) is 26.0 Å². The molecule has 1 aromatic rings. The molecule has 2 N–H and O–H groups in total. The maximum atomic E-state index is 5.91. The molecule has 0 aliphatic heterocycles. The normalized spacial score (nSPS) is 15.1. The van der Waals surface area contributed by atoms with Gasteiger partial charge >= 0.3 is 0 Å². The van der Waals surface area contributed by atoms with E-state index < -0.39 is 0 Å². The molecule has 0 aromatic heterocycles. The molecule has 1 nitrogen and oxygen atoms in total. The molecule has 2 unspecified atom stereocenters. The summed E-state index contributed by atoms with van der Waals surface area (Å²) in [7, 11) is 0. The van der Waals surface area contributed by atoms with E-state index in [1.54, 1.807) is 0 Å². The van der Waals surface area contributed by atoms with E-state index in [2.05, 4.69) is 19.9 Å². The Kier molecular flexibility index (Phi) is 4.43. The minimum atomic E-state index is 0.282. The molecule has 0 radical (unpaired) electrons. The van der Waals surface area contributed by atoms with E-state index in [0.717, 1.165) is 17.9 Å². The minimum Gasteiger partial charge on any atom is -0.328 e. The monoisotopic (exact) mass is 211 g/mol. The van der Waals surface area contributed by atoms with Gasteiger partial charge in [0, 0.05) is 11.1 Å². The van der Waals surface area contributed by atoms with Crippen molar-refractivity contribution in [2.45, 2.75) is 32.7 Å². The first-order valence-corrected chi connectivity index (χ1v) is 5.45. The molecule has 0 amide bonds. The predicted octanol–water partition coefficient (Wildman–Crippen LogP) is 3.26. The van der Waals surface area contributed by atoms with Crippen LogP contribution in [0.25, 0.3) is 0 Å².